The number of benzene rings is 1. The number of hydrogen-bond acceptors (Lipinski definition) is 7. The third kappa shape index (κ3) is 16.5. The molecule has 0 amide bonds. The van der Waals surface area contributed by atoms with Gasteiger partial charge in [0.2, 0.25) is 0 Å². The van der Waals surface area contributed by atoms with Gasteiger partial charge >= 0.3 is 0 Å². The first kappa shape index (κ1) is 41.8. The third-order valence-electron chi connectivity index (χ3n) is 9.18. The second-order valence-corrected chi connectivity index (χ2v) is 15.1. The van der Waals surface area contributed by atoms with Gasteiger partial charge in [-0.3, -0.25) is 0 Å². The number of rotatable bonds is 22. The molecule has 7 nitrogen and oxygen atoms in total. The van der Waals surface area contributed by atoms with Crippen molar-refractivity contribution in [3.8, 4) is 11.5 Å². The lowest BCUT2D eigenvalue weighted by Gasteiger charge is -2.38. The summed E-state index contributed by atoms with van der Waals surface area (Å²) in [5.41, 5.74) is 6.85. The summed E-state index contributed by atoms with van der Waals surface area (Å²) in [6.07, 6.45) is 16.4. The van der Waals surface area contributed by atoms with Gasteiger partial charge in [-0.25, -0.2) is 4.21 Å². The average molecular weight is 656 g/mol. The van der Waals surface area contributed by atoms with Gasteiger partial charge in [0.1, 0.15) is 23.7 Å². The number of fused-ring (bicyclic) bond motifs is 1. The van der Waals surface area contributed by atoms with Crippen LogP contribution in [0.15, 0.2) is 0 Å². The first-order valence-electron chi connectivity index (χ1n) is 17.9. The minimum absolute atomic E-state index is 0.132. The summed E-state index contributed by atoms with van der Waals surface area (Å²) in [5, 5.41) is 4.40. The molecule has 264 valence electrons. The monoisotopic (exact) mass is 655 g/mol. The molecule has 1 unspecified atom stereocenters. The number of ether oxygens (including phenoxy) is 2. The van der Waals surface area contributed by atoms with E-state index in [1.165, 1.54) is 69.8 Å². The highest BCUT2D eigenvalue weighted by Gasteiger charge is 2.34. The van der Waals surface area contributed by atoms with Crippen molar-refractivity contribution in [2.24, 2.45) is 17.8 Å². The van der Waals surface area contributed by atoms with Gasteiger partial charge in [-0.2, -0.15) is 5.48 Å². The molecular weight excluding hydrogens is 586 g/mol. The van der Waals surface area contributed by atoms with Crippen molar-refractivity contribution in [1.29, 1.82) is 0 Å². The van der Waals surface area contributed by atoms with Gasteiger partial charge < -0.3 is 9.47 Å². The first-order valence-corrected chi connectivity index (χ1v) is 19.2. The summed E-state index contributed by atoms with van der Waals surface area (Å²) >= 11 is -1.68. The van der Waals surface area contributed by atoms with Crippen LogP contribution in [0.2, 0.25) is 0 Å². The number of hydroxylamine groups is 1. The van der Waals surface area contributed by atoms with Crippen LogP contribution < -0.4 is 15.0 Å². The summed E-state index contributed by atoms with van der Waals surface area (Å²) in [4.78, 5) is 4.51. The molecule has 2 rings (SSSR count). The topological polar surface area (TPSA) is 75.2 Å². The van der Waals surface area contributed by atoms with Gasteiger partial charge in [-0.15, -0.1) is 4.99 Å². The lowest BCUT2D eigenvalue weighted by molar-refractivity contribution is -0.488. The lowest BCUT2D eigenvalue weighted by atomic mass is 9.83. The Bertz CT molecular complexity index is 969. The zero-order chi connectivity index (χ0) is 33.8. The van der Waals surface area contributed by atoms with Crippen molar-refractivity contribution in [1.82, 2.24) is 5.48 Å². The maximum absolute atomic E-state index is 12.0. The average Bonchev–Trinajstić information content (AvgIpc) is 2.99. The Morgan fingerprint density at radius 2 is 1.47 bits per heavy atom. The van der Waals surface area contributed by atoms with Crippen LogP contribution in [-0.4, -0.2) is 28.7 Å². The van der Waals surface area contributed by atoms with E-state index in [1.54, 1.807) is 0 Å². The van der Waals surface area contributed by atoms with Crippen LogP contribution in [0.3, 0.4) is 0 Å². The van der Waals surface area contributed by atoms with Crippen molar-refractivity contribution in [2.75, 3.05) is 18.9 Å². The quantitative estimate of drug-likeness (QED) is 0.0757. The van der Waals surface area contributed by atoms with Crippen LogP contribution in [0, 0.1) is 38.5 Å². The van der Waals surface area contributed by atoms with Gasteiger partial charge in [0, 0.05) is 12.1 Å². The first-order chi connectivity index (χ1) is 21.4. The maximum atomic E-state index is 12.0. The molecule has 0 saturated heterocycles. The Hall–Kier alpha value is -1.19. The number of hydrogen-bond donors (Lipinski definition) is 1. The fraction of sp³-hybridized carbons (Fsp3) is 0.838. The van der Waals surface area contributed by atoms with E-state index in [1.807, 2.05) is 6.92 Å². The molecule has 1 aliphatic heterocycles. The van der Waals surface area contributed by atoms with Crippen LogP contribution in [0.4, 0.5) is 0 Å². The molecule has 1 N–H and O–H groups in total. The SMILES string of the molecule is CCCC.CCNOOOS(=O)CCOc1c(C)c(C)c2c(c1C)CC[C@@](C)(CCC[C@H](C)CCC[C@H](C)CCCC(C)C)O2. The van der Waals surface area contributed by atoms with Gasteiger partial charge in [-0.05, 0) is 92.9 Å². The molecule has 0 aliphatic carbocycles. The highest BCUT2D eigenvalue weighted by molar-refractivity contribution is 7.80. The van der Waals surface area contributed by atoms with E-state index >= 15 is 0 Å². The van der Waals surface area contributed by atoms with E-state index in [4.69, 9.17) is 9.47 Å². The fourth-order valence-corrected chi connectivity index (χ4v) is 6.23. The Morgan fingerprint density at radius 3 is 2.04 bits per heavy atom. The van der Waals surface area contributed by atoms with Gasteiger partial charge in [0.25, 0.3) is 0 Å². The second kappa shape index (κ2) is 23.2. The molecule has 0 spiro atoms. The van der Waals surface area contributed by atoms with Crippen LogP contribution in [-0.2, 0) is 31.9 Å². The van der Waals surface area contributed by atoms with Crippen LogP contribution >= 0.6 is 0 Å². The van der Waals surface area contributed by atoms with Crippen LogP contribution in [0.25, 0.3) is 0 Å². The van der Waals surface area contributed by atoms with Crippen molar-refractivity contribution < 1.29 is 28.0 Å². The van der Waals surface area contributed by atoms with Crippen molar-refractivity contribution >= 4 is 11.1 Å². The lowest BCUT2D eigenvalue weighted by Crippen LogP contribution is -2.37. The molecule has 4 atom stereocenters. The summed E-state index contributed by atoms with van der Waals surface area (Å²) in [6, 6.07) is 0. The smallest absolute Gasteiger partial charge is 0.194 e. The molecule has 0 aromatic heterocycles. The van der Waals surface area contributed by atoms with Gasteiger partial charge in [-0.1, -0.05) is 111 Å². The molecule has 1 aliphatic rings. The van der Waals surface area contributed by atoms with Crippen molar-refractivity contribution in [2.45, 2.75) is 165 Å². The Balaban J connectivity index is 0.00000238. The van der Waals surface area contributed by atoms with Crippen LogP contribution in [0.5, 0.6) is 11.5 Å². The maximum Gasteiger partial charge on any atom is 0.194 e. The summed E-state index contributed by atoms with van der Waals surface area (Å²) in [6.45, 7) is 25.1. The molecule has 0 saturated carbocycles. The molecule has 1 heterocycles. The molecule has 1 aromatic carbocycles. The van der Waals surface area contributed by atoms with Crippen molar-refractivity contribution in [3.05, 3.63) is 22.3 Å². The van der Waals surface area contributed by atoms with Crippen LogP contribution in [0.1, 0.15) is 155 Å². The molecule has 0 fully saturated rings. The molecule has 45 heavy (non-hydrogen) atoms. The predicted octanol–water partition coefficient (Wildman–Crippen LogP) is 10.4. The molecular formula is C37H69NO6S. The van der Waals surface area contributed by atoms with Gasteiger partial charge in [0.05, 0.1) is 5.75 Å². The highest BCUT2D eigenvalue weighted by Crippen LogP contribution is 2.45. The number of nitrogens with one attached hydrogen (secondary N) is 1. The predicted molar refractivity (Wildman–Crippen MR) is 189 cm³/mol. The minimum atomic E-state index is -1.68. The zero-order valence-corrected chi connectivity index (χ0v) is 31.7. The number of unbranched alkanes of at least 4 members (excludes halogenated alkanes) is 1. The van der Waals surface area contributed by atoms with E-state index in [2.05, 4.69) is 89.1 Å². The van der Waals surface area contributed by atoms with E-state index in [-0.39, 0.29) is 18.0 Å². The van der Waals surface area contributed by atoms with E-state index in [0.29, 0.717) is 6.54 Å². The van der Waals surface area contributed by atoms with Gasteiger partial charge in [0.15, 0.2) is 11.1 Å². The van der Waals surface area contributed by atoms with E-state index in [9.17, 15) is 4.21 Å². The van der Waals surface area contributed by atoms with E-state index < -0.39 is 11.1 Å². The highest BCUT2D eigenvalue weighted by atomic mass is 32.2. The normalized spacial score (nSPS) is 18.0. The summed E-state index contributed by atoms with van der Waals surface area (Å²) in [5.74, 6) is 4.50. The zero-order valence-electron chi connectivity index (χ0n) is 30.9. The fourth-order valence-electron chi connectivity index (χ4n) is 5.85. The largest absolute Gasteiger partial charge is 0.492 e. The molecule has 0 bridgehead atoms. The Morgan fingerprint density at radius 1 is 0.867 bits per heavy atom. The third-order valence-corrected chi connectivity index (χ3v) is 9.88. The standard InChI is InChI=1S/C33H59NO6S.C4H10/c1-10-34-38-39-40-41(35)23-22-36-31-27(6)28(7)32-30(29(31)8)19-21-33(9,37-32)20-13-18-26(5)17-12-16-25(4)15-11-14-24(2)3;1-3-4-2/h24-26,34H,10-23H2,1-9H3;3-4H2,1-2H3/t25-,26-,33-,41?;/m1./s1. The Labute approximate surface area is 279 Å². The molecule has 1 aromatic rings. The second-order valence-electron chi connectivity index (χ2n) is 14.0. The molecule has 8 heteroatoms. The Kier molecular flexibility index (Phi) is 21.6. The minimum Gasteiger partial charge on any atom is -0.492 e. The summed E-state index contributed by atoms with van der Waals surface area (Å²) < 4.78 is 29.5. The van der Waals surface area contributed by atoms with Crippen molar-refractivity contribution in [3.63, 3.8) is 0 Å². The molecule has 0 radical (unpaired) electrons. The summed E-state index contributed by atoms with van der Waals surface area (Å²) in [7, 11) is 0. The van der Waals surface area contributed by atoms with E-state index in [0.717, 1.165) is 65.2 Å².